The van der Waals surface area contributed by atoms with Crippen molar-refractivity contribution in [2.24, 2.45) is 0 Å². The van der Waals surface area contributed by atoms with Gasteiger partial charge in [-0.1, -0.05) is 0 Å². The molecule has 0 spiro atoms. The van der Waals surface area contributed by atoms with Crippen LogP contribution in [0.2, 0.25) is 0 Å². The zero-order chi connectivity index (χ0) is 19.6. The number of alkyl halides is 1. The van der Waals surface area contributed by atoms with Crippen LogP contribution in [0.4, 0.5) is 21.0 Å². The second kappa shape index (κ2) is 8.03. The minimum atomic E-state index is -0.943. The number of halogens is 1. The number of rotatable bonds is 6. The Labute approximate surface area is 158 Å². The summed E-state index contributed by atoms with van der Waals surface area (Å²) in [5, 5.41) is 2.62. The maximum Gasteiger partial charge on any atom is 0.324 e. The summed E-state index contributed by atoms with van der Waals surface area (Å²) in [5.74, 6) is 1.00. The normalized spacial score (nSPS) is 22.5. The molecule has 2 aliphatic rings. The highest BCUT2D eigenvalue weighted by Crippen LogP contribution is 2.27. The molecule has 10 heteroatoms. The van der Waals surface area contributed by atoms with Crippen LogP contribution >= 0.6 is 0 Å². The SMILES string of the molecule is CN(CC(=O)N1CCNC1=O)C[C@@H]1C[C@H](F)CN1c1ccnc(N(C)C)n1. The average Bonchev–Trinajstić information content (AvgIpc) is 3.20. The smallest absolute Gasteiger partial charge is 0.324 e. The van der Waals surface area contributed by atoms with Crippen LogP contribution in [0.15, 0.2) is 12.3 Å². The molecule has 0 radical (unpaired) electrons. The lowest BCUT2D eigenvalue weighted by molar-refractivity contribution is -0.128. The van der Waals surface area contributed by atoms with E-state index in [1.807, 2.05) is 23.9 Å². The summed E-state index contributed by atoms with van der Waals surface area (Å²) < 4.78 is 14.1. The van der Waals surface area contributed by atoms with Crippen LogP contribution in [0.1, 0.15) is 6.42 Å². The molecule has 0 unspecified atom stereocenters. The van der Waals surface area contributed by atoms with Gasteiger partial charge in [-0.2, -0.15) is 4.98 Å². The van der Waals surface area contributed by atoms with Crippen LogP contribution in [-0.2, 0) is 4.79 Å². The Bertz CT molecular complexity index is 702. The van der Waals surface area contributed by atoms with Gasteiger partial charge in [0.25, 0.3) is 0 Å². The molecule has 9 nitrogen and oxygen atoms in total. The molecule has 1 N–H and O–H groups in total. The highest BCUT2D eigenvalue weighted by Gasteiger charge is 2.35. The van der Waals surface area contributed by atoms with Crippen molar-refractivity contribution in [3.8, 4) is 0 Å². The van der Waals surface area contributed by atoms with Crippen molar-refractivity contribution in [2.45, 2.75) is 18.6 Å². The molecular formula is C17H26FN7O2. The lowest BCUT2D eigenvalue weighted by Gasteiger charge is -2.29. The number of hydrogen-bond donors (Lipinski definition) is 1. The molecule has 2 atom stereocenters. The van der Waals surface area contributed by atoms with Crippen LogP contribution in [0, 0.1) is 0 Å². The average molecular weight is 379 g/mol. The van der Waals surface area contributed by atoms with Gasteiger partial charge in [-0.05, 0) is 13.1 Å². The Hall–Kier alpha value is -2.49. The Balaban J connectivity index is 1.64. The third-order valence-corrected chi connectivity index (χ3v) is 4.77. The number of hydrogen-bond acceptors (Lipinski definition) is 7. The number of nitrogens with one attached hydrogen (secondary N) is 1. The van der Waals surface area contributed by atoms with Gasteiger partial charge in [0.05, 0.1) is 13.1 Å². The van der Waals surface area contributed by atoms with Gasteiger partial charge in [-0.15, -0.1) is 0 Å². The fourth-order valence-corrected chi connectivity index (χ4v) is 3.48. The van der Waals surface area contributed by atoms with E-state index < -0.39 is 6.17 Å². The van der Waals surface area contributed by atoms with Crippen molar-refractivity contribution < 1.29 is 14.0 Å². The van der Waals surface area contributed by atoms with Crippen LogP contribution in [0.5, 0.6) is 0 Å². The van der Waals surface area contributed by atoms with E-state index in [0.717, 1.165) is 0 Å². The van der Waals surface area contributed by atoms with E-state index in [9.17, 15) is 14.0 Å². The topological polar surface area (TPSA) is 84.9 Å². The zero-order valence-electron chi connectivity index (χ0n) is 15.9. The molecule has 3 amide bonds. The second-order valence-electron chi connectivity index (χ2n) is 7.22. The minimum absolute atomic E-state index is 0.102. The third-order valence-electron chi connectivity index (χ3n) is 4.77. The fraction of sp³-hybridized carbons (Fsp3) is 0.647. The number of anilines is 2. The van der Waals surface area contributed by atoms with Crippen LogP contribution < -0.4 is 15.1 Å². The van der Waals surface area contributed by atoms with Crippen molar-refractivity contribution in [3.05, 3.63) is 12.3 Å². The number of carbonyl (C=O) groups is 2. The number of amides is 3. The lowest BCUT2D eigenvalue weighted by atomic mass is 10.2. The fourth-order valence-electron chi connectivity index (χ4n) is 3.48. The molecule has 148 valence electrons. The largest absolute Gasteiger partial charge is 0.349 e. The first-order valence-electron chi connectivity index (χ1n) is 9.03. The number of urea groups is 1. The number of carbonyl (C=O) groups excluding carboxylic acids is 2. The highest BCUT2D eigenvalue weighted by molar-refractivity contribution is 5.96. The summed E-state index contributed by atoms with van der Waals surface area (Å²) in [6.45, 7) is 1.76. The molecule has 1 aromatic heterocycles. The Morgan fingerprint density at radius 1 is 1.41 bits per heavy atom. The minimum Gasteiger partial charge on any atom is -0.349 e. The van der Waals surface area contributed by atoms with E-state index in [1.54, 1.807) is 24.2 Å². The first-order valence-corrected chi connectivity index (χ1v) is 9.03. The molecule has 0 saturated carbocycles. The van der Waals surface area contributed by atoms with E-state index in [1.165, 1.54) is 4.90 Å². The molecule has 2 fully saturated rings. The number of nitrogens with zero attached hydrogens (tertiary/aromatic N) is 6. The molecule has 1 aromatic rings. The van der Waals surface area contributed by atoms with Crippen LogP contribution in [0.3, 0.4) is 0 Å². The van der Waals surface area contributed by atoms with Gasteiger partial charge in [0.1, 0.15) is 12.0 Å². The third kappa shape index (κ3) is 4.44. The van der Waals surface area contributed by atoms with E-state index in [0.29, 0.717) is 37.8 Å². The monoisotopic (exact) mass is 379 g/mol. The summed E-state index contributed by atoms with van der Waals surface area (Å²) in [6.07, 6.45) is 1.10. The van der Waals surface area contributed by atoms with E-state index >= 15 is 0 Å². The zero-order valence-corrected chi connectivity index (χ0v) is 15.9. The summed E-state index contributed by atoms with van der Waals surface area (Å²) in [4.78, 5) is 39.4. The lowest BCUT2D eigenvalue weighted by Crippen LogP contribution is -2.45. The van der Waals surface area contributed by atoms with E-state index in [4.69, 9.17) is 0 Å². The first kappa shape index (κ1) is 19.3. The first-order chi connectivity index (χ1) is 12.8. The van der Waals surface area contributed by atoms with Gasteiger partial charge in [0.15, 0.2) is 0 Å². The molecule has 3 rings (SSSR count). The van der Waals surface area contributed by atoms with E-state index in [-0.39, 0.29) is 31.1 Å². The van der Waals surface area contributed by atoms with Crippen molar-refractivity contribution in [1.29, 1.82) is 0 Å². The summed E-state index contributed by atoms with van der Waals surface area (Å²) in [6, 6.07) is 1.32. The van der Waals surface area contributed by atoms with Gasteiger partial charge in [0.2, 0.25) is 11.9 Å². The number of imide groups is 1. The summed E-state index contributed by atoms with van der Waals surface area (Å²) >= 11 is 0. The van der Waals surface area contributed by atoms with Crippen molar-refractivity contribution in [1.82, 2.24) is 25.1 Å². The standard InChI is InChI=1S/C17H26FN7O2/c1-22(2)16-19-5-4-14(21-16)25-9-12(18)8-13(25)10-23(3)11-15(26)24-7-6-20-17(24)27/h4-5,12-13H,6-11H2,1-3H3,(H,20,27)/t12-,13-/m0/s1. The Morgan fingerprint density at radius 3 is 2.85 bits per heavy atom. The summed E-state index contributed by atoms with van der Waals surface area (Å²) in [5.41, 5.74) is 0. The van der Waals surface area contributed by atoms with Crippen molar-refractivity contribution in [3.63, 3.8) is 0 Å². The molecule has 3 heterocycles. The highest BCUT2D eigenvalue weighted by atomic mass is 19.1. The summed E-state index contributed by atoms with van der Waals surface area (Å²) in [7, 11) is 5.51. The maximum atomic E-state index is 14.1. The van der Waals surface area contributed by atoms with Gasteiger partial charge in [0, 0.05) is 52.4 Å². The van der Waals surface area contributed by atoms with Gasteiger partial charge in [-0.25, -0.2) is 14.2 Å². The maximum absolute atomic E-state index is 14.1. The molecule has 27 heavy (non-hydrogen) atoms. The van der Waals surface area contributed by atoms with Crippen molar-refractivity contribution >= 4 is 23.7 Å². The number of likely N-dealkylation sites (N-methyl/N-ethyl adjacent to an activating group) is 1. The van der Waals surface area contributed by atoms with Crippen molar-refractivity contribution in [2.75, 3.05) is 63.7 Å². The van der Waals surface area contributed by atoms with Crippen LogP contribution in [-0.4, -0.2) is 97.8 Å². The molecule has 2 aliphatic heterocycles. The van der Waals surface area contributed by atoms with Gasteiger partial charge >= 0.3 is 6.03 Å². The Morgan fingerprint density at radius 2 is 2.19 bits per heavy atom. The molecule has 0 aromatic carbocycles. The molecule has 0 bridgehead atoms. The quantitative estimate of drug-likeness (QED) is 0.741. The second-order valence-corrected chi connectivity index (χ2v) is 7.22. The Kier molecular flexibility index (Phi) is 5.73. The number of aromatic nitrogens is 2. The molecular weight excluding hydrogens is 353 g/mol. The predicted octanol–water partition coefficient (Wildman–Crippen LogP) is -0.0570. The van der Waals surface area contributed by atoms with Gasteiger partial charge < -0.3 is 15.1 Å². The molecule has 2 saturated heterocycles. The predicted molar refractivity (Wildman–Crippen MR) is 99.6 cm³/mol. The molecule has 0 aliphatic carbocycles. The van der Waals surface area contributed by atoms with Crippen LogP contribution in [0.25, 0.3) is 0 Å². The van der Waals surface area contributed by atoms with Gasteiger partial charge in [-0.3, -0.25) is 14.6 Å². The van der Waals surface area contributed by atoms with E-state index in [2.05, 4.69) is 15.3 Å².